The van der Waals surface area contributed by atoms with Crippen LogP contribution in [0, 0.1) is 5.92 Å². The molecule has 1 aliphatic heterocycles. The minimum atomic E-state index is -0.580. The Hall–Kier alpha value is -1.06. The molecule has 0 aromatic carbocycles. The van der Waals surface area contributed by atoms with Gasteiger partial charge in [-0.25, -0.2) is 0 Å². The van der Waals surface area contributed by atoms with Gasteiger partial charge in [0.1, 0.15) is 5.54 Å². The standard InChI is InChI=1S/C16H26N2O2/c1-12-10-14(19)17-16(8-3-2-4-9-16)15(20)18(12)11-13-6-5-7-13/h12-13H,2-11H2,1H3,(H,17,19). The van der Waals surface area contributed by atoms with Gasteiger partial charge in [-0.1, -0.05) is 25.7 Å². The molecular formula is C16H26N2O2. The summed E-state index contributed by atoms with van der Waals surface area (Å²) in [5.74, 6) is 0.918. The molecule has 4 heteroatoms. The highest BCUT2D eigenvalue weighted by Gasteiger charge is 2.47. The second-order valence-corrected chi connectivity index (χ2v) is 7.00. The zero-order valence-corrected chi connectivity index (χ0v) is 12.5. The van der Waals surface area contributed by atoms with Crippen LogP contribution in [0.2, 0.25) is 0 Å². The summed E-state index contributed by atoms with van der Waals surface area (Å²) in [5, 5.41) is 3.08. The number of carbonyl (C=O) groups is 2. The predicted molar refractivity (Wildman–Crippen MR) is 77.1 cm³/mol. The highest BCUT2D eigenvalue weighted by Crippen LogP contribution is 2.35. The summed E-state index contributed by atoms with van der Waals surface area (Å²) >= 11 is 0. The van der Waals surface area contributed by atoms with Crippen LogP contribution in [0.5, 0.6) is 0 Å². The Labute approximate surface area is 121 Å². The quantitative estimate of drug-likeness (QED) is 0.842. The molecule has 1 unspecified atom stereocenters. The van der Waals surface area contributed by atoms with Gasteiger partial charge < -0.3 is 10.2 Å². The average molecular weight is 278 g/mol. The van der Waals surface area contributed by atoms with E-state index in [-0.39, 0.29) is 17.9 Å². The SMILES string of the molecule is CC1CC(=O)NC2(CCCCC2)C(=O)N1CC1CCC1. The fourth-order valence-corrected chi connectivity index (χ4v) is 3.94. The number of hydrogen-bond acceptors (Lipinski definition) is 2. The van der Waals surface area contributed by atoms with Gasteiger partial charge in [-0.15, -0.1) is 0 Å². The van der Waals surface area contributed by atoms with Gasteiger partial charge in [-0.2, -0.15) is 0 Å². The van der Waals surface area contributed by atoms with Crippen molar-refractivity contribution in [3.63, 3.8) is 0 Å². The number of hydrogen-bond donors (Lipinski definition) is 1. The van der Waals surface area contributed by atoms with E-state index in [4.69, 9.17) is 0 Å². The third-order valence-corrected chi connectivity index (χ3v) is 5.45. The zero-order valence-electron chi connectivity index (χ0n) is 12.5. The van der Waals surface area contributed by atoms with Crippen LogP contribution in [-0.4, -0.2) is 34.8 Å². The van der Waals surface area contributed by atoms with Crippen molar-refractivity contribution in [3.05, 3.63) is 0 Å². The lowest BCUT2D eigenvalue weighted by molar-refractivity contribution is -0.142. The molecule has 112 valence electrons. The summed E-state index contributed by atoms with van der Waals surface area (Å²) in [6.07, 6.45) is 9.18. The molecule has 1 saturated heterocycles. The summed E-state index contributed by atoms with van der Waals surface area (Å²) in [7, 11) is 0. The molecule has 3 aliphatic rings. The molecule has 0 radical (unpaired) electrons. The number of nitrogens with one attached hydrogen (secondary N) is 1. The minimum absolute atomic E-state index is 0.0457. The van der Waals surface area contributed by atoms with Gasteiger partial charge in [0.15, 0.2) is 0 Å². The Morgan fingerprint density at radius 2 is 1.85 bits per heavy atom. The van der Waals surface area contributed by atoms with E-state index in [1.165, 1.54) is 25.7 Å². The average Bonchev–Trinajstić information content (AvgIpc) is 2.44. The summed E-state index contributed by atoms with van der Waals surface area (Å²) in [6, 6.07) is 0.0457. The maximum absolute atomic E-state index is 13.1. The van der Waals surface area contributed by atoms with Crippen molar-refractivity contribution in [2.24, 2.45) is 5.92 Å². The van der Waals surface area contributed by atoms with E-state index >= 15 is 0 Å². The fourth-order valence-electron chi connectivity index (χ4n) is 3.94. The van der Waals surface area contributed by atoms with Gasteiger partial charge >= 0.3 is 0 Å². The van der Waals surface area contributed by atoms with Crippen LogP contribution in [-0.2, 0) is 9.59 Å². The van der Waals surface area contributed by atoms with Crippen LogP contribution >= 0.6 is 0 Å². The van der Waals surface area contributed by atoms with E-state index in [1.54, 1.807) is 0 Å². The first-order valence-electron chi connectivity index (χ1n) is 8.23. The molecule has 3 rings (SSSR count). The van der Waals surface area contributed by atoms with E-state index in [0.29, 0.717) is 12.3 Å². The Morgan fingerprint density at radius 1 is 1.15 bits per heavy atom. The third-order valence-electron chi connectivity index (χ3n) is 5.45. The lowest BCUT2D eigenvalue weighted by Gasteiger charge is -2.41. The van der Waals surface area contributed by atoms with Crippen molar-refractivity contribution in [3.8, 4) is 0 Å². The molecule has 1 N–H and O–H groups in total. The molecule has 20 heavy (non-hydrogen) atoms. The fraction of sp³-hybridized carbons (Fsp3) is 0.875. The number of carbonyl (C=O) groups excluding carboxylic acids is 2. The van der Waals surface area contributed by atoms with Crippen molar-refractivity contribution in [1.29, 1.82) is 0 Å². The van der Waals surface area contributed by atoms with E-state index in [2.05, 4.69) is 5.32 Å². The number of nitrogens with zero attached hydrogens (tertiary/aromatic N) is 1. The highest BCUT2D eigenvalue weighted by molar-refractivity contribution is 5.94. The summed E-state index contributed by atoms with van der Waals surface area (Å²) in [5.41, 5.74) is -0.580. The smallest absolute Gasteiger partial charge is 0.248 e. The summed E-state index contributed by atoms with van der Waals surface area (Å²) in [4.78, 5) is 27.2. The van der Waals surface area contributed by atoms with Crippen LogP contribution in [0.15, 0.2) is 0 Å². The van der Waals surface area contributed by atoms with Crippen molar-refractivity contribution >= 4 is 11.8 Å². The second kappa shape index (κ2) is 5.38. The topological polar surface area (TPSA) is 49.4 Å². The molecule has 1 spiro atoms. The molecule has 2 aliphatic carbocycles. The molecular weight excluding hydrogens is 252 g/mol. The molecule has 0 aromatic heterocycles. The van der Waals surface area contributed by atoms with Crippen LogP contribution in [0.1, 0.15) is 64.7 Å². The lowest BCUT2D eigenvalue weighted by Crippen LogP contribution is -2.59. The molecule has 1 atom stereocenters. The van der Waals surface area contributed by atoms with E-state index in [1.807, 2.05) is 11.8 Å². The van der Waals surface area contributed by atoms with E-state index < -0.39 is 5.54 Å². The maximum atomic E-state index is 13.1. The first-order valence-corrected chi connectivity index (χ1v) is 8.23. The van der Waals surface area contributed by atoms with E-state index in [0.717, 1.165) is 32.2 Å². The van der Waals surface area contributed by atoms with Gasteiger partial charge in [-0.05, 0) is 38.5 Å². The summed E-state index contributed by atoms with van der Waals surface area (Å²) in [6.45, 7) is 2.88. The van der Waals surface area contributed by atoms with Gasteiger partial charge in [-0.3, -0.25) is 9.59 Å². The zero-order chi connectivity index (χ0) is 14.2. The third kappa shape index (κ3) is 2.45. The number of rotatable bonds is 2. The van der Waals surface area contributed by atoms with Gasteiger partial charge in [0.05, 0.1) is 0 Å². The van der Waals surface area contributed by atoms with Crippen molar-refractivity contribution in [2.45, 2.75) is 76.3 Å². The van der Waals surface area contributed by atoms with Crippen molar-refractivity contribution in [2.75, 3.05) is 6.54 Å². The van der Waals surface area contributed by atoms with Crippen molar-refractivity contribution < 1.29 is 9.59 Å². The molecule has 1 heterocycles. The normalized spacial score (nSPS) is 30.9. The monoisotopic (exact) mass is 278 g/mol. The second-order valence-electron chi connectivity index (χ2n) is 7.00. The van der Waals surface area contributed by atoms with E-state index in [9.17, 15) is 9.59 Å². The molecule has 3 fully saturated rings. The number of amides is 2. The Bertz CT molecular complexity index is 397. The first kappa shape index (κ1) is 13.9. The molecule has 4 nitrogen and oxygen atoms in total. The lowest BCUT2D eigenvalue weighted by atomic mass is 9.79. The molecule has 2 amide bonds. The van der Waals surface area contributed by atoms with Crippen LogP contribution in [0.4, 0.5) is 0 Å². The molecule has 0 aromatic rings. The van der Waals surface area contributed by atoms with Crippen molar-refractivity contribution in [1.82, 2.24) is 10.2 Å². The van der Waals surface area contributed by atoms with Crippen LogP contribution in [0.25, 0.3) is 0 Å². The predicted octanol–water partition coefficient (Wildman–Crippen LogP) is 2.23. The minimum Gasteiger partial charge on any atom is -0.342 e. The van der Waals surface area contributed by atoms with Gasteiger partial charge in [0.25, 0.3) is 0 Å². The first-order chi connectivity index (χ1) is 9.61. The Morgan fingerprint density at radius 3 is 2.45 bits per heavy atom. The Balaban J connectivity index is 1.82. The largest absolute Gasteiger partial charge is 0.342 e. The maximum Gasteiger partial charge on any atom is 0.248 e. The van der Waals surface area contributed by atoms with Gasteiger partial charge in [0, 0.05) is 19.0 Å². The Kier molecular flexibility index (Phi) is 3.74. The summed E-state index contributed by atoms with van der Waals surface area (Å²) < 4.78 is 0. The highest BCUT2D eigenvalue weighted by atomic mass is 16.2. The van der Waals surface area contributed by atoms with Crippen LogP contribution in [0.3, 0.4) is 0 Å². The van der Waals surface area contributed by atoms with Crippen LogP contribution < -0.4 is 5.32 Å². The molecule has 2 saturated carbocycles. The molecule has 0 bridgehead atoms. The van der Waals surface area contributed by atoms with Gasteiger partial charge in [0.2, 0.25) is 11.8 Å².